The maximum Gasteiger partial charge on any atom is 0.146 e. The first-order valence-electron chi connectivity index (χ1n) is 4.12. The van der Waals surface area contributed by atoms with E-state index in [0.717, 1.165) is 0 Å². The van der Waals surface area contributed by atoms with Gasteiger partial charge in [-0.1, -0.05) is 43.6 Å². The lowest BCUT2D eigenvalue weighted by Crippen LogP contribution is -2.21. The van der Waals surface area contributed by atoms with Crippen molar-refractivity contribution in [2.24, 2.45) is 11.8 Å². The predicted octanol–water partition coefficient (Wildman–Crippen LogP) is 3.02. The number of alkyl halides is 1. The highest BCUT2D eigenvalue weighted by Crippen LogP contribution is 2.16. The molecule has 0 fully saturated rings. The molecule has 0 aromatic rings. The van der Waals surface area contributed by atoms with E-state index in [-0.39, 0.29) is 4.83 Å². The Bertz CT molecular complexity index is 130. The quantitative estimate of drug-likeness (QED) is 0.667. The van der Waals surface area contributed by atoms with Crippen molar-refractivity contribution in [3.05, 3.63) is 0 Å². The Labute approximate surface area is 77.7 Å². The highest BCUT2D eigenvalue weighted by atomic mass is 79.9. The van der Waals surface area contributed by atoms with Crippen LogP contribution < -0.4 is 0 Å². The van der Waals surface area contributed by atoms with E-state index in [1.54, 1.807) is 0 Å². The first-order chi connectivity index (χ1) is 4.95. The SMILES string of the molecule is CC(C)CC(=O)[C@@H](Br)C(C)C. The van der Waals surface area contributed by atoms with Gasteiger partial charge in [-0.25, -0.2) is 0 Å². The van der Waals surface area contributed by atoms with E-state index in [0.29, 0.717) is 24.0 Å². The van der Waals surface area contributed by atoms with Crippen molar-refractivity contribution >= 4 is 21.7 Å². The summed E-state index contributed by atoms with van der Waals surface area (Å²) in [5.74, 6) is 1.21. The molecule has 1 nitrogen and oxygen atoms in total. The Morgan fingerprint density at radius 3 is 2.00 bits per heavy atom. The maximum atomic E-state index is 11.3. The van der Waals surface area contributed by atoms with Crippen molar-refractivity contribution in [3.8, 4) is 0 Å². The molecule has 0 aliphatic carbocycles. The van der Waals surface area contributed by atoms with E-state index >= 15 is 0 Å². The van der Waals surface area contributed by atoms with Gasteiger partial charge in [-0.05, 0) is 11.8 Å². The fraction of sp³-hybridized carbons (Fsp3) is 0.889. The van der Waals surface area contributed by atoms with Gasteiger partial charge in [0, 0.05) is 6.42 Å². The molecule has 1 atom stereocenters. The summed E-state index contributed by atoms with van der Waals surface area (Å²) in [7, 11) is 0. The molecule has 11 heavy (non-hydrogen) atoms. The molecule has 0 N–H and O–H groups in total. The average Bonchev–Trinajstić information content (AvgIpc) is 1.84. The number of ketones is 1. The van der Waals surface area contributed by atoms with E-state index in [9.17, 15) is 4.79 Å². The Kier molecular flexibility index (Phi) is 4.98. The second-order valence-electron chi connectivity index (χ2n) is 3.71. The molecule has 0 aromatic carbocycles. The summed E-state index contributed by atoms with van der Waals surface area (Å²) in [4.78, 5) is 11.4. The number of halogens is 1. The summed E-state index contributed by atoms with van der Waals surface area (Å²) in [6.45, 7) is 8.24. The number of carbonyl (C=O) groups excluding carboxylic acids is 1. The monoisotopic (exact) mass is 220 g/mol. The summed E-state index contributed by atoms with van der Waals surface area (Å²) in [6, 6.07) is 0. The number of Topliss-reactive ketones (excluding diaryl/α,β-unsaturated/α-hetero) is 1. The largest absolute Gasteiger partial charge is 0.298 e. The van der Waals surface area contributed by atoms with Crippen LogP contribution in [0.5, 0.6) is 0 Å². The standard InChI is InChI=1S/C9H17BrO/c1-6(2)5-8(11)9(10)7(3)4/h6-7,9H,5H2,1-4H3/t9-/m0/s1. The molecule has 0 rings (SSSR count). The van der Waals surface area contributed by atoms with Gasteiger partial charge in [0.1, 0.15) is 5.78 Å². The summed E-state index contributed by atoms with van der Waals surface area (Å²) in [5.41, 5.74) is 0. The lowest BCUT2D eigenvalue weighted by Gasteiger charge is -2.13. The fourth-order valence-corrected chi connectivity index (χ4v) is 1.07. The average molecular weight is 221 g/mol. The highest BCUT2D eigenvalue weighted by molar-refractivity contribution is 9.10. The van der Waals surface area contributed by atoms with Crippen LogP contribution in [0.4, 0.5) is 0 Å². The Balaban J connectivity index is 3.83. The van der Waals surface area contributed by atoms with E-state index in [4.69, 9.17) is 0 Å². The van der Waals surface area contributed by atoms with E-state index in [1.165, 1.54) is 0 Å². The third-order valence-electron chi connectivity index (χ3n) is 1.50. The van der Waals surface area contributed by atoms with Gasteiger partial charge < -0.3 is 0 Å². The van der Waals surface area contributed by atoms with Crippen molar-refractivity contribution in [3.63, 3.8) is 0 Å². The fourth-order valence-electron chi connectivity index (χ4n) is 0.887. The van der Waals surface area contributed by atoms with E-state index < -0.39 is 0 Å². The van der Waals surface area contributed by atoms with Gasteiger partial charge >= 0.3 is 0 Å². The normalized spacial score (nSPS) is 14.1. The van der Waals surface area contributed by atoms with E-state index in [2.05, 4.69) is 43.6 Å². The number of hydrogen-bond donors (Lipinski definition) is 0. The van der Waals surface area contributed by atoms with Crippen LogP contribution in [0.2, 0.25) is 0 Å². The van der Waals surface area contributed by atoms with Crippen molar-refractivity contribution in [1.29, 1.82) is 0 Å². The molecule has 0 amide bonds. The maximum absolute atomic E-state index is 11.3. The highest BCUT2D eigenvalue weighted by Gasteiger charge is 2.18. The summed E-state index contributed by atoms with van der Waals surface area (Å²) < 4.78 is 0. The van der Waals surface area contributed by atoms with Crippen LogP contribution in [0.1, 0.15) is 34.1 Å². The third kappa shape index (κ3) is 4.57. The summed E-state index contributed by atoms with van der Waals surface area (Å²) in [5, 5.41) is 0. The molecule has 0 bridgehead atoms. The van der Waals surface area contributed by atoms with Gasteiger partial charge in [0.15, 0.2) is 0 Å². The second kappa shape index (κ2) is 4.91. The molecule has 0 heterocycles. The Hall–Kier alpha value is 0.150. The van der Waals surface area contributed by atoms with Gasteiger partial charge in [-0.3, -0.25) is 4.79 Å². The van der Waals surface area contributed by atoms with Crippen LogP contribution in [0.3, 0.4) is 0 Å². The molecule has 0 aliphatic rings. The van der Waals surface area contributed by atoms with Gasteiger partial charge in [-0.15, -0.1) is 0 Å². The first kappa shape index (κ1) is 11.2. The molecule has 66 valence electrons. The Morgan fingerprint density at radius 2 is 1.73 bits per heavy atom. The van der Waals surface area contributed by atoms with Crippen LogP contribution in [0.25, 0.3) is 0 Å². The van der Waals surface area contributed by atoms with Crippen molar-refractivity contribution in [2.75, 3.05) is 0 Å². The molecule has 0 saturated heterocycles. The van der Waals surface area contributed by atoms with Crippen molar-refractivity contribution < 1.29 is 4.79 Å². The van der Waals surface area contributed by atoms with Gasteiger partial charge in [0.05, 0.1) is 4.83 Å². The lowest BCUT2D eigenvalue weighted by atomic mass is 10.00. The lowest BCUT2D eigenvalue weighted by molar-refractivity contribution is -0.119. The predicted molar refractivity (Wildman–Crippen MR) is 52.0 cm³/mol. The molecule has 0 aliphatic heterocycles. The van der Waals surface area contributed by atoms with Gasteiger partial charge in [0.2, 0.25) is 0 Å². The van der Waals surface area contributed by atoms with Crippen molar-refractivity contribution in [1.82, 2.24) is 0 Å². The van der Waals surface area contributed by atoms with Gasteiger partial charge in [0.25, 0.3) is 0 Å². The van der Waals surface area contributed by atoms with Crippen molar-refractivity contribution in [2.45, 2.75) is 38.9 Å². The van der Waals surface area contributed by atoms with Crippen LogP contribution in [-0.2, 0) is 4.79 Å². The zero-order valence-corrected chi connectivity index (χ0v) is 9.31. The third-order valence-corrected chi connectivity index (χ3v) is 3.07. The first-order valence-corrected chi connectivity index (χ1v) is 5.03. The van der Waals surface area contributed by atoms with Gasteiger partial charge in [-0.2, -0.15) is 0 Å². The summed E-state index contributed by atoms with van der Waals surface area (Å²) in [6.07, 6.45) is 0.689. The summed E-state index contributed by atoms with van der Waals surface area (Å²) >= 11 is 3.39. The number of rotatable bonds is 4. The number of hydrogen-bond acceptors (Lipinski definition) is 1. The molecule has 2 heteroatoms. The van der Waals surface area contributed by atoms with Crippen LogP contribution in [-0.4, -0.2) is 10.6 Å². The smallest absolute Gasteiger partial charge is 0.146 e. The molecule has 0 unspecified atom stereocenters. The van der Waals surface area contributed by atoms with Crippen LogP contribution in [0.15, 0.2) is 0 Å². The van der Waals surface area contributed by atoms with E-state index in [1.807, 2.05) is 0 Å². The van der Waals surface area contributed by atoms with Crippen LogP contribution >= 0.6 is 15.9 Å². The molecule has 0 aromatic heterocycles. The minimum Gasteiger partial charge on any atom is -0.298 e. The minimum atomic E-state index is 0.0462. The molecule has 0 saturated carbocycles. The molecule has 0 radical (unpaired) electrons. The zero-order valence-electron chi connectivity index (χ0n) is 7.73. The topological polar surface area (TPSA) is 17.1 Å². The Morgan fingerprint density at radius 1 is 1.27 bits per heavy atom. The zero-order chi connectivity index (χ0) is 9.02. The molecular formula is C9H17BrO. The second-order valence-corrected chi connectivity index (χ2v) is 4.70. The minimum absolute atomic E-state index is 0.0462. The molecule has 0 spiro atoms. The number of carbonyl (C=O) groups is 1. The molecular weight excluding hydrogens is 204 g/mol. The van der Waals surface area contributed by atoms with Crippen LogP contribution in [0, 0.1) is 11.8 Å².